The Morgan fingerprint density at radius 1 is 1.42 bits per heavy atom. The van der Waals surface area contributed by atoms with E-state index in [1.165, 1.54) is 6.07 Å². The van der Waals surface area contributed by atoms with Gasteiger partial charge in [-0.1, -0.05) is 0 Å². The van der Waals surface area contributed by atoms with E-state index in [1.807, 2.05) is 13.0 Å². The summed E-state index contributed by atoms with van der Waals surface area (Å²) in [6.45, 7) is 4.70. The van der Waals surface area contributed by atoms with Crippen molar-refractivity contribution < 1.29 is 9.13 Å². The molecule has 19 heavy (non-hydrogen) atoms. The van der Waals surface area contributed by atoms with Gasteiger partial charge in [0.15, 0.2) is 0 Å². The van der Waals surface area contributed by atoms with Crippen LogP contribution in [0.15, 0.2) is 18.2 Å². The van der Waals surface area contributed by atoms with Gasteiger partial charge in [-0.15, -0.1) is 0 Å². The number of benzene rings is 1. The molecule has 4 heteroatoms. The van der Waals surface area contributed by atoms with Crippen molar-refractivity contribution in [2.75, 3.05) is 31.7 Å². The second-order valence-electron chi connectivity index (χ2n) is 5.38. The maximum atomic E-state index is 13.3. The predicted octanol–water partition coefficient (Wildman–Crippen LogP) is 2.71. The van der Waals surface area contributed by atoms with E-state index in [1.54, 1.807) is 13.2 Å². The molecule has 1 unspecified atom stereocenters. The smallest absolute Gasteiger partial charge is 0.123 e. The summed E-state index contributed by atoms with van der Waals surface area (Å²) in [4.78, 5) is 2.31. The van der Waals surface area contributed by atoms with Crippen LogP contribution in [0.3, 0.4) is 0 Å². The zero-order chi connectivity index (χ0) is 13.8. The highest BCUT2D eigenvalue weighted by Gasteiger charge is 2.21. The minimum Gasteiger partial charge on any atom is -0.384 e. The molecule has 0 spiro atoms. The third kappa shape index (κ3) is 3.45. The number of nitrogens with zero attached hydrogens (tertiary/aromatic N) is 1. The molecule has 3 nitrogen and oxygen atoms in total. The van der Waals surface area contributed by atoms with Gasteiger partial charge in [-0.3, -0.25) is 0 Å². The van der Waals surface area contributed by atoms with Gasteiger partial charge >= 0.3 is 0 Å². The van der Waals surface area contributed by atoms with Crippen molar-refractivity contribution in [3.63, 3.8) is 0 Å². The Morgan fingerprint density at radius 3 is 2.68 bits per heavy atom. The van der Waals surface area contributed by atoms with Gasteiger partial charge in [-0.25, -0.2) is 4.39 Å². The molecule has 0 amide bonds. The molecule has 1 heterocycles. The highest BCUT2D eigenvalue weighted by atomic mass is 19.1. The monoisotopic (exact) mass is 266 g/mol. The summed E-state index contributed by atoms with van der Waals surface area (Å²) < 4.78 is 18.6. The standard InChI is InChI=1S/C15H23FN2O/c1-11(17)14-9-13(16)3-4-15(14)18-7-5-12(6-8-18)10-19-2/h3-4,9,11-12H,5-8,10,17H2,1-2H3. The number of methoxy groups -OCH3 is 1. The van der Waals surface area contributed by atoms with Crippen molar-refractivity contribution in [3.05, 3.63) is 29.6 Å². The van der Waals surface area contributed by atoms with Crippen molar-refractivity contribution >= 4 is 5.69 Å². The molecule has 0 radical (unpaired) electrons. The van der Waals surface area contributed by atoms with Crippen molar-refractivity contribution in [1.82, 2.24) is 0 Å². The van der Waals surface area contributed by atoms with E-state index in [-0.39, 0.29) is 11.9 Å². The number of piperidine rings is 1. The molecule has 0 bridgehead atoms. The lowest BCUT2D eigenvalue weighted by molar-refractivity contribution is 0.139. The summed E-state index contributed by atoms with van der Waals surface area (Å²) in [5, 5.41) is 0. The predicted molar refractivity (Wildman–Crippen MR) is 75.8 cm³/mol. The topological polar surface area (TPSA) is 38.5 Å². The Morgan fingerprint density at radius 2 is 2.11 bits per heavy atom. The summed E-state index contributed by atoms with van der Waals surface area (Å²) in [6, 6.07) is 4.77. The van der Waals surface area contributed by atoms with Crippen LogP contribution in [0.4, 0.5) is 10.1 Å². The molecule has 0 aromatic heterocycles. The van der Waals surface area contributed by atoms with Crippen LogP contribution in [0.5, 0.6) is 0 Å². The van der Waals surface area contributed by atoms with Crippen LogP contribution in [-0.4, -0.2) is 26.8 Å². The van der Waals surface area contributed by atoms with E-state index in [0.717, 1.165) is 43.8 Å². The number of halogens is 1. The maximum absolute atomic E-state index is 13.3. The molecule has 1 saturated heterocycles. The van der Waals surface area contributed by atoms with Gasteiger partial charge in [0.05, 0.1) is 0 Å². The van der Waals surface area contributed by atoms with Gasteiger partial charge in [0.2, 0.25) is 0 Å². The van der Waals surface area contributed by atoms with E-state index in [9.17, 15) is 4.39 Å². The molecule has 1 aliphatic rings. The maximum Gasteiger partial charge on any atom is 0.123 e. The molecule has 1 fully saturated rings. The molecule has 1 aromatic rings. The third-order valence-corrected chi connectivity index (χ3v) is 3.84. The van der Waals surface area contributed by atoms with E-state index < -0.39 is 0 Å². The zero-order valence-electron chi connectivity index (χ0n) is 11.7. The first-order chi connectivity index (χ1) is 9.11. The van der Waals surface area contributed by atoms with E-state index in [0.29, 0.717) is 5.92 Å². The Hall–Kier alpha value is -1.13. The SMILES string of the molecule is COCC1CCN(c2ccc(F)cc2C(C)N)CC1. The van der Waals surface area contributed by atoms with Gasteiger partial charge in [0.1, 0.15) is 5.82 Å². The molecule has 2 rings (SSSR count). The summed E-state index contributed by atoms with van der Waals surface area (Å²) in [5.74, 6) is 0.422. The lowest BCUT2D eigenvalue weighted by Gasteiger charge is -2.35. The molecule has 1 aliphatic heterocycles. The summed E-state index contributed by atoms with van der Waals surface area (Å²) in [6.07, 6.45) is 2.23. The van der Waals surface area contributed by atoms with E-state index >= 15 is 0 Å². The van der Waals surface area contributed by atoms with Gasteiger partial charge in [0, 0.05) is 38.5 Å². The normalized spacial score (nSPS) is 18.6. The minimum atomic E-state index is -0.217. The first kappa shape index (κ1) is 14.3. The van der Waals surface area contributed by atoms with Crippen LogP contribution in [0.1, 0.15) is 31.4 Å². The number of nitrogens with two attached hydrogens (primary N) is 1. The average Bonchev–Trinajstić information content (AvgIpc) is 2.40. The number of rotatable bonds is 4. The summed E-state index contributed by atoms with van der Waals surface area (Å²) in [5.41, 5.74) is 7.92. The third-order valence-electron chi connectivity index (χ3n) is 3.84. The molecule has 1 atom stereocenters. The van der Waals surface area contributed by atoms with Crippen LogP contribution in [0.25, 0.3) is 0 Å². The molecular weight excluding hydrogens is 243 g/mol. The highest BCUT2D eigenvalue weighted by molar-refractivity contribution is 5.55. The van der Waals surface area contributed by atoms with Gasteiger partial charge in [0.25, 0.3) is 0 Å². The first-order valence-electron chi connectivity index (χ1n) is 6.90. The van der Waals surface area contributed by atoms with Crippen LogP contribution >= 0.6 is 0 Å². The Kier molecular flexibility index (Phi) is 4.77. The number of anilines is 1. The first-order valence-corrected chi connectivity index (χ1v) is 6.90. The van der Waals surface area contributed by atoms with Crippen LogP contribution in [0.2, 0.25) is 0 Å². The quantitative estimate of drug-likeness (QED) is 0.910. The van der Waals surface area contributed by atoms with E-state index in [4.69, 9.17) is 10.5 Å². The summed E-state index contributed by atoms with van der Waals surface area (Å²) in [7, 11) is 1.75. The number of hydrogen-bond acceptors (Lipinski definition) is 3. The van der Waals surface area contributed by atoms with Gasteiger partial charge < -0.3 is 15.4 Å². The molecule has 1 aromatic carbocycles. The fraction of sp³-hybridized carbons (Fsp3) is 0.600. The Balaban J connectivity index is 2.11. The number of hydrogen-bond donors (Lipinski definition) is 1. The highest BCUT2D eigenvalue weighted by Crippen LogP contribution is 2.30. The molecule has 0 aliphatic carbocycles. The molecule has 2 N–H and O–H groups in total. The lowest BCUT2D eigenvalue weighted by Crippen LogP contribution is -2.36. The van der Waals surface area contributed by atoms with E-state index in [2.05, 4.69) is 4.90 Å². The van der Waals surface area contributed by atoms with Crippen molar-refractivity contribution in [2.45, 2.75) is 25.8 Å². The number of ether oxygens (including phenoxy) is 1. The Bertz CT molecular complexity index is 415. The average molecular weight is 266 g/mol. The molecule has 0 saturated carbocycles. The lowest BCUT2D eigenvalue weighted by atomic mass is 9.96. The zero-order valence-corrected chi connectivity index (χ0v) is 11.7. The molecule has 106 valence electrons. The van der Waals surface area contributed by atoms with Crippen LogP contribution < -0.4 is 10.6 Å². The fourth-order valence-corrected chi connectivity index (χ4v) is 2.75. The molecular formula is C15H23FN2O. The second-order valence-corrected chi connectivity index (χ2v) is 5.38. The Labute approximate surface area is 114 Å². The second kappa shape index (κ2) is 6.35. The largest absolute Gasteiger partial charge is 0.384 e. The van der Waals surface area contributed by atoms with Crippen molar-refractivity contribution in [3.8, 4) is 0 Å². The van der Waals surface area contributed by atoms with Gasteiger partial charge in [-0.2, -0.15) is 0 Å². The van der Waals surface area contributed by atoms with Crippen molar-refractivity contribution in [2.24, 2.45) is 11.7 Å². The van der Waals surface area contributed by atoms with Crippen molar-refractivity contribution in [1.29, 1.82) is 0 Å². The van der Waals surface area contributed by atoms with Crippen LogP contribution in [0, 0.1) is 11.7 Å². The van der Waals surface area contributed by atoms with Gasteiger partial charge in [-0.05, 0) is 49.4 Å². The summed E-state index contributed by atoms with van der Waals surface area (Å²) >= 11 is 0. The van der Waals surface area contributed by atoms with Crippen LogP contribution in [-0.2, 0) is 4.74 Å². The minimum absolute atomic E-state index is 0.151. The fourth-order valence-electron chi connectivity index (χ4n) is 2.75.